The van der Waals surface area contributed by atoms with Crippen molar-refractivity contribution in [1.29, 1.82) is 0 Å². The summed E-state index contributed by atoms with van der Waals surface area (Å²) in [5.74, 6) is -0.0379. The highest BCUT2D eigenvalue weighted by molar-refractivity contribution is 14.1. The third kappa shape index (κ3) is 3.00. The fourth-order valence-electron chi connectivity index (χ4n) is 2.10. The van der Waals surface area contributed by atoms with Crippen LogP contribution in [0.25, 0.3) is 11.0 Å². The van der Waals surface area contributed by atoms with Crippen LogP contribution in [0.4, 0.5) is 0 Å². The van der Waals surface area contributed by atoms with Crippen LogP contribution in [0.3, 0.4) is 0 Å². The van der Waals surface area contributed by atoms with Crippen molar-refractivity contribution >= 4 is 59.6 Å². The standard InChI is InChI=1S/C14H10BrIN2O2S/c15-13-7-6-12-14(17-13)11(16)8-18(12)21(19,20)9-10-4-2-1-3-5-10/h1-8H,9H2. The summed E-state index contributed by atoms with van der Waals surface area (Å²) in [5.41, 5.74) is 2.04. The average Bonchev–Trinajstić information content (AvgIpc) is 2.77. The van der Waals surface area contributed by atoms with Crippen LogP contribution in [0.15, 0.2) is 53.3 Å². The molecule has 0 aliphatic rings. The summed E-state index contributed by atoms with van der Waals surface area (Å²) < 4.78 is 28.1. The number of hydrogen-bond acceptors (Lipinski definition) is 3. The second-order valence-corrected chi connectivity index (χ2v) is 8.34. The molecule has 0 aliphatic carbocycles. The summed E-state index contributed by atoms with van der Waals surface area (Å²) in [6.45, 7) is 0. The Morgan fingerprint density at radius 2 is 1.86 bits per heavy atom. The zero-order valence-electron chi connectivity index (χ0n) is 10.7. The Bertz CT molecular complexity index is 907. The summed E-state index contributed by atoms with van der Waals surface area (Å²) in [6.07, 6.45) is 1.61. The largest absolute Gasteiger partial charge is 0.243 e. The Kier molecular flexibility index (Phi) is 4.06. The smallest absolute Gasteiger partial charge is 0.242 e. The number of rotatable bonds is 3. The molecule has 0 unspecified atom stereocenters. The molecule has 3 aromatic rings. The first-order chi connectivity index (χ1) is 9.97. The molecule has 0 fully saturated rings. The summed E-state index contributed by atoms with van der Waals surface area (Å²) in [5, 5.41) is 0. The van der Waals surface area contributed by atoms with E-state index in [9.17, 15) is 8.42 Å². The number of benzene rings is 1. The second-order valence-electron chi connectivity index (χ2n) is 4.52. The molecule has 4 nitrogen and oxygen atoms in total. The minimum atomic E-state index is -3.48. The first-order valence-electron chi connectivity index (χ1n) is 6.08. The monoisotopic (exact) mass is 476 g/mol. The molecule has 0 amide bonds. The van der Waals surface area contributed by atoms with Crippen molar-refractivity contribution in [3.63, 3.8) is 0 Å². The van der Waals surface area contributed by atoms with Crippen molar-refractivity contribution in [2.45, 2.75) is 5.75 Å². The van der Waals surface area contributed by atoms with E-state index in [2.05, 4.69) is 43.5 Å². The van der Waals surface area contributed by atoms with Crippen LogP contribution in [-0.4, -0.2) is 17.4 Å². The van der Waals surface area contributed by atoms with Gasteiger partial charge in [0, 0.05) is 6.20 Å². The number of nitrogens with zero attached hydrogens (tertiary/aromatic N) is 2. The Morgan fingerprint density at radius 1 is 1.14 bits per heavy atom. The third-order valence-corrected chi connectivity index (χ3v) is 5.86. The van der Waals surface area contributed by atoms with Crippen molar-refractivity contribution in [3.05, 3.63) is 62.4 Å². The molecule has 0 bridgehead atoms. The van der Waals surface area contributed by atoms with Crippen LogP contribution < -0.4 is 0 Å². The van der Waals surface area contributed by atoms with Gasteiger partial charge in [-0.2, -0.15) is 0 Å². The maximum atomic E-state index is 12.6. The number of halogens is 2. The molecule has 3 rings (SSSR count). The highest BCUT2D eigenvalue weighted by atomic mass is 127. The van der Waals surface area contributed by atoms with E-state index >= 15 is 0 Å². The van der Waals surface area contributed by atoms with Crippen molar-refractivity contribution in [2.24, 2.45) is 0 Å². The van der Waals surface area contributed by atoms with Gasteiger partial charge in [0.1, 0.15) is 10.1 Å². The lowest BCUT2D eigenvalue weighted by Gasteiger charge is -2.07. The molecule has 0 N–H and O–H groups in total. The zero-order chi connectivity index (χ0) is 15.0. The van der Waals surface area contributed by atoms with E-state index in [-0.39, 0.29) is 5.75 Å². The zero-order valence-corrected chi connectivity index (χ0v) is 15.3. The van der Waals surface area contributed by atoms with Crippen LogP contribution in [0.5, 0.6) is 0 Å². The second kappa shape index (κ2) is 5.69. The average molecular weight is 477 g/mol. The molecule has 1 aromatic carbocycles. The van der Waals surface area contributed by atoms with Gasteiger partial charge >= 0.3 is 0 Å². The van der Waals surface area contributed by atoms with Crippen LogP contribution in [0, 0.1) is 3.57 Å². The van der Waals surface area contributed by atoms with Crippen LogP contribution in [0.1, 0.15) is 5.56 Å². The molecule has 0 radical (unpaired) electrons. The van der Waals surface area contributed by atoms with E-state index < -0.39 is 10.0 Å². The van der Waals surface area contributed by atoms with Gasteiger partial charge in [-0.05, 0) is 56.2 Å². The van der Waals surface area contributed by atoms with E-state index in [1.165, 1.54) is 3.97 Å². The molecule has 2 heterocycles. The lowest BCUT2D eigenvalue weighted by Crippen LogP contribution is -2.14. The molecule has 2 aromatic heterocycles. The van der Waals surface area contributed by atoms with Gasteiger partial charge in [0.05, 0.1) is 14.8 Å². The van der Waals surface area contributed by atoms with Crippen LogP contribution >= 0.6 is 38.5 Å². The van der Waals surface area contributed by atoms with Gasteiger partial charge in [0.15, 0.2) is 0 Å². The molecule has 0 saturated heterocycles. The van der Waals surface area contributed by atoms with Gasteiger partial charge in [-0.1, -0.05) is 30.3 Å². The fourth-order valence-corrected chi connectivity index (χ4v) is 4.74. The maximum absolute atomic E-state index is 12.6. The van der Waals surface area contributed by atoms with Gasteiger partial charge < -0.3 is 0 Å². The number of aromatic nitrogens is 2. The third-order valence-electron chi connectivity index (χ3n) is 3.03. The molecular formula is C14H10BrIN2O2S. The van der Waals surface area contributed by atoms with Gasteiger partial charge in [-0.3, -0.25) is 0 Å². The summed E-state index contributed by atoms with van der Waals surface area (Å²) in [7, 11) is -3.48. The number of fused-ring (bicyclic) bond motifs is 1. The van der Waals surface area contributed by atoms with E-state index in [1.54, 1.807) is 18.3 Å². The first-order valence-corrected chi connectivity index (χ1v) is 9.56. The Morgan fingerprint density at radius 3 is 2.57 bits per heavy atom. The highest BCUT2D eigenvalue weighted by Gasteiger charge is 2.19. The molecule has 21 heavy (non-hydrogen) atoms. The number of hydrogen-bond donors (Lipinski definition) is 0. The molecule has 0 aliphatic heterocycles. The predicted octanol–water partition coefficient (Wildman–Crippen LogP) is 3.78. The molecule has 7 heteroatoms. The van der Waals surface area contributed by atoms with E-state index in [0.29, 0.717) is 15.6 Å². The van der Waals surface area contributed by atoms with Crippen molar-refractivity contribution in [3.8, 4) is 0 Å². The molecule has 108 valence electrons. The van der Waals surface area contributed by atoms with Gasteiger partial charge in [-0.25, -0.2) is 17.4 Å². The number of pyridine rings is 1. The van der Waals surface area contributed by atoms with Crippen molar-refractivity contribution < 1.29 is 8.42 Å². The fraction of sp³-hybridized carbons (Fsp3) is 0.0714. The molecule has 0 spiro atoms. The Labute approximate surface area is 144 Å². The minimum absolute atomic E-state index is 0.0379. The van der Waals surface area contributed by atoms with E-state index in [1.807, 2.05) is 30.3 Å². The summed E-state index contributed by atoms with van der Waals surface area (Å²) in [4.78, 5) is 4.34. The van der Waals surface area contributed by atoms with Crippen LogP contribution in [0.2, 0.25) is 0 Å². The minimum Gasteiger partial charge on any atom is -0.242 e. The Hall–Kier alpha value is -0.930. The van der Waals surface area contributed by atoms with Crippen LogP contribution in [-0.2, 0) is 15.8 Å². The summed E-state index contributed by atoms with van der Waals surface area (Å²) in [6, 6.07) is 12.7. The van der Waals surface area contributed by atoms with Gasteiger partial charge in [0.25, 0.3) is 0 Å². The molecule has 0 atom stereocenters. The lowest BCUT2D eigenvalue weighted by atomic mass is 10.2. The van der Waals surface area contributed by atoms with Gasteiger partial charge in [0.2, 0.25) is 10.0 Å². The van der Waals surface area contributed by atoms with E-state index in [4.69, 9.17) is 0 Å². The molecular weight excluding hydrogens is 467 g/mol. The van der Waals surface area contributed by atoms with Gasteiger partial charge in [-0.15, -0.1) is 0 Å². The topological polar surface area (TPSA) is 52.0 Å². The van der Waals surface area contributed by atoms with E-state index in [0.717, 1.165) is 9.13 Å². The maximum Gasteiger partial charge on any atom is 0.243 e. The highest BCUT2D eigenvalue weighted by Crippen LogP contribution is 2.25. The van der Waals surface area contributed by atoms with Crippen molar-refractivity contribution in [1.82, 2.24) is 8.96 Å². The first kappa shape index (κ1) is 15.0. The summed E-state index contributed by atoms with van der Waals surface area (Å²) >= 11 is 5.40. The van der Waals surface area contributed by atoms with Crippen molar-refractivity contribution in [2.75, 3.05) is 0 Å². The SMILES string of the molecule is O=S(=O)(Cc1ccccc1)n1cc(I)c2nc(Br)ccc21. The quantitative estimate of drug-likeness (QED) is 0.427. The molecule has 0 saturated carbocycles. The normalized spacial score (nSPS) is 11.9. The predicted molar refractivity (Wildman–Crippen MR) is 94.6 cm³/mol. The lowest BCUT2D eigenvalue weighted by molar-refractivity contribution is 0.588. The Balaban J connectivity index is 2.11.